The van der Waals surface area contributed by atoms with E-state index in [1.54, 1.807) is 11.8 Å². The minimum atomic E-state index is 0.654. The van der Waals surface area contributed by atoms with Crippen LogP contribution >= 0.6 is 11.8 Å². The number of aliphatic imine (C=N–C) groups is 1. The van der Waals surface area contributed by atoms with E-state index in [-0.39, 0.29) is 0 Å². The molecular weight excluding hydrogens is 166 g/mol. The second-order valence-electron chi connectivity index (χ2n) is 2.78. The van der Waals surface area contributed by atoms with Crippen molar-refractivity contribution in [3.8, 4) is 0 Å². The van der Waals surface area contributed by atoms with Crippen LogP contribution in [0.5, 0.6) is 0 Å². The van der Waals surface area contributed by atoms with Gasteiger partial charge in [-0.1, -0.05) is 33.1 Å². The standard InChI is InChI=1S/C8H15NS.C2H6/c1-10-7-9-8-5-3-2-4-6-8;1-2/h7-8H,2-6H2,1H3;1-2H3. The molecule has 2 heteroatoms. The maximum absolute atomic E-state index is 4.44. The van der Waals surface area contributed by atoms with Crippen molar-refractivity contribution in [3.05, 3.63) is 0 Å². The Kier molecular flexibility index (Phi) is 9.13. The second kappa shape index (κ2) is 9.11. The van der Waals surface area contributed by atoms with E-state index < -0.39 is 0 Å². The Morgan fingerprint density at radius 3 is 2.25 bits per heavy atom. The molecule has 1 fully saturated rings. The molecule has 0 aromatic rings. The molecule has 0 atom stereocenters. The van der Waals surface area contributed by atoms with E-state index in [1.165, 1.54) is 32.1 Å². The smallest absolute Gasteiger partial charge is 0.0541 e. The molecule has 0 spiro atoms. The van der Waals surface area contributed by atoms with Crippen LogP contribution < -0.4 is 0 Å². The normalized spacial score (nSPS) is 18.9. The highest BCUT2D eigenvalue weighted by molar-refractivity contribution is 8.11. The number of nitrogens with zero attached hydrogens (tertiary/aromatic N) is 1. The summed E-state index contributed by atoms with van der Waals surface area (Å²) in [7, 11) is 0. The molecular formula is C10H21NS. The molecule has 0 heterocycles. The molecule has 72 valence electrons. The molecule has 1 rings (SSSR count). The average molecular weight is 187 g/mol. The highest BCUT2D eigenvalue weighted by atomic mass is 32.2. The van der Waals surface area contributed by atoms with Crippen LogP contribution in [0.4, 0.5) is 0 Å². The molecule has 0 aromatic heterocycles. The van der Waals surface area contributed by atoms with E-state index in [2.05, 4.69) is 11.2 Å². The van der Waals surface area contributed by atoms with Gasteiger partial charge in [-0.25, -0.2) is 0 Å². The van der Waals surface area contributed by atoms with Crippen LogP contribution in [0.3, 0.4) is 0 Å². The first-order chi connectivity index (χ1) is 5.93. The Balaban J connectivity index is 0.000000561. The number of rotatable bonds is 2. The zero-order valence-electron chi connectivity index (χ0n) is 8.55. The number of hydrogen-bond acceptors (Lipinski definition) is 2. The summed E-state index contributed by atoms with van der Waals surface area (Å²) >= 11 is 1.70. The fourth-order valence-electron chi connectivity index (χ4n) is 1.38. The Morgan fingerprint density at radius 2 is 1.75 bits per heavy atom. The fraction of sp³-hybridized carbons (Fsp3) is 0.900. The summed E-state index contributed by atoms with van der Waals surface area (Å²) in [5, 5.41) is 0. The van der Waals surface area contributed by atoms with Crippen molar-refractivity contribution >= 4 is 17.3 Å². The summed E-state index contributed by atoms with van der Waals surface area (Å²) in [6.07, 6.45) is 8.89. The molecule has 1 aliphatic rings. The van der Waals surface area contributed by atoms with Crippen molar-refractivity contribution in [2.75, 3.05) is 6.26 Å². The fourth-order valence-corrected chi connectivity index (χ4v) is 1.67. The molecule has 1 saturated carbocycles. The van der Waals surface area contributed by atoms with Gasteiger partial charge in [0.1, 0.15) is 0 Å². The van der Waals surface area contributed by atoms with Crippen molar-refractivity contribution in [2.24, 2.45) is 4.99 Å². The van der Waals surface area contributed by atoms with Crippen molar-refractivity contribution in [1.82, 2.24) is 0 Å². The van der Waals surface area contributed by atoms with Gasteiger partial charge in [0.15, 0.2) is 0 Å². The molecule has 0 aliphatic heterocycles. The SMILES string of the molecule is CC.CSC=NC1CCCCC1. The molecule has 0 bridgehead atoms. The van der Waals surface area contributed by atoms with E-state index in [9.17, 15) is 0 Å². The molecule has 12 heavy (non-hydrogen) atoms. The van der Waals surface area contributed by atoms with Crippen LogP contribution in [0.1, 0.15) is 46.0 Å². The van der Waals surface area contributed by atoms with E-state index >= 15 is 0 Å². The topological polar surface area (TPSA) is 12.4 Å². The maximum Gasteiger partial charge on any atom is 0.0541 e. The molecule has 0 aromatic carbocycles. The Labute approximate surface area is 81.0 Å². The van der Waals surface area contributed by atoms with E-state index in [1.807, 2.05) is 19.4 Å². The number of thioether (sulfide) groups is 1. The average Bonchev–Trinajstić information content (AvgIpc) is 2.19. The summed E-state index contributed by atoms with van der Waals surface area (Å²) in [4.78, 5) is 4.44. The van der Waals surface area contributed by atoms with Crippen molar-refractivity contribution in [1.29, 1.82) is 0 Å². The maximum atomic E-state index is 4.44. The third-order valence-corrected chi connectivity index (χ3v) is 2.28. The zero-order chi connectivity index (χ0) is 9.23. The third kappa shape index (κ3) is 5.64. The van der Waals surface area contributed by atoms with Crippen LogP contribution in [0.25, 0.3) is 0 Å². The first kappa shape index (κ1) is 12.0. The molecule has 0 radical (unpaired) electrons. The highest BCUT2D eigenvalue weighted by Gasteiger charge is 2.09. The minimum absolute atomic E-state index is 0.654. The lowest BCUT2D eigenvalue weighted by molar-refractivity contribution is 0.445. The van der Waals surface area contributed by atoms with Crippen molar-refractivity contribution in [2.45, 2.75) is 52.0 Å². The third-order valence-electron chi connectivity index (χ3n) is 1.95. The molecule has 1 nitrogen and oxygen atoms in total. The minimum Gasteiger partial charge on any atom is -0.283 e. The van der Waals surface area contributed by atoms with Crippen LogP contribution in [0.15, 0.2) is 4.99 Å². The van der Waals surface area contributed by atoms with Crippen LogP contribution in [0, 0.1) is 0 Å². The zero-order valence-corrected chi connectivity index (χ0v) is 9.36. The first-order valence-electron chi connectivity index (χ1n) is 4.98. The first-order valence-corrected chi connectivity index (χ1v) is 6.26. The van der Waals surface area contributed by atoms with Gasteiger partial charge in [0, 0.05) is 0 Å². The lowest BCUT2D eigenvalue weighted by Crippen LogP contribution is -2.08. The van der Waals surface area contributed by atoms with Crippen LogP contribution in [-0.4, -0.2) is 17.8 Å². The molecule has 0 amide bonds. The predicted molar refractivity (Wildman–Crippen MR) is 60.2 cm³/mol. The Morgan fingerprint density at radius 1 is 1.17 bits per heavy atom. The molecule has 0 unspecified atom stereocenters. The van der Waals surface area contributed by atoms with Gasteiger partial charge in [0.2, 0.25) is 0 Å². The predicted octanol–water partition coefficient (Wildman–Crippen LogP) is 3.74. The Hall–Kier alpha value is 0.0200. The summed E-state index contributed by atoms with van der Waals surface area (Å²) in [5.41, 5.74) is 1.98. The van der Waals surface area contributed by atoms with Gasteiger partial charge in [0.25, 0.3) is 0 Å². The quantitative estimate of drug-likeness (QED) is 0.474. The highest BCUT2D eigenvalue weighted by Crippen LogP contribution is 2.19. The summed E-state index contributed by atoms with van der Waals surface area (Å²) < 4.78 is 0. The van der Waals surface area contributed by atoms with Gasteiger partial charge in [-0.05, 0) is 19.1 Å². The van der Waals surface area contributed by atoms with E-state index in [0.717, 1.165) is 0 Å². The van der Waals surface area contributed by atoms with E-state index in [4.69, 9.17) is 0 Å². The Bertz CT molecular complexity index is 106. The summed E-state index contributed by atoms with van der Waals surface area (Å²) in [6.45, 7) is 4.00. The van der Waals surface area contributed by atoms with Crippen molar-refractivity contribution in [3.63, 3.8) is 0 Å². The van der Waals surface area contributed by atoms with Crippen LogP contribution in [0.2, 0.25) is 0 Å². The number of hydrogen-bond donors (Lipinski definition) is 0. The second-order valence-corrected chi connectivity index (χ2v) is 3.46. The van der Waals surface area contributed by atoms with Gasteiger partial charge in [-0.2, -0.15) is 0 Å². The largest absolute Gasteiger partial charge is 0.283 e. The summed E-state index contributed by atoms with van der Waals surface area (Å²) in [6, 6.07) is 0.654. The van der Waals surface area contributed by atoms with Crippen LogP contribution in [-0.2, 0) is 0 Å². The van der Waals surface area contributed by atoms with Crippen molar-refractivity contribution < 1.29 is 0 Å². The van der Waals surface area contributed by atoms with Gasteiger partial charge >= 0.3 is 0 Å². The lowest BCUT2D eigenvalue weighted by Gasteiger charge is -2.16. The molecule has 0 saturated heterocycles. The van der Waals surface area contributed by atoms with E-state index in [0.29, 0.717) is 6.04 Å². The van der Waals surface area contributed by atoms with Gasteiger partial charge in [-0.3, -0.25) is 4.99 Å². The molecule has 0 N–H and O–H groups in total. The summed E-state index contributed by atoms with van der Waals surface area (Å²) in [5.74, 6) is 0. The van der Waals surface area contributed by atoms with Gasteiger partial charge in [-0.15, -0.1) is 11.8 Å². The molecule has 1 aliphatic carbocycles. The lowest BCUT2D eigenvalue weighted by atomic mass is 9.96. The monoisotopic (exact) mass is 187 g/mol. The van der Waals surface area contributed by atoms with Gasteiger partial charge in [0.05, 0.1) is 11.6 Å². The van der Waals surface area contributed by atoms with Gasteiger partial charge < -0.3 is 0 Å².